The van der Waals surface area contributed by atoms with Crippen molar-refractivity contribution in [2.24, 2.45) is 17.8 Å². The molecule has 0 radical (unpaired) electrons. The van der Waals surface area contributed by atoms with Gasteiger partial charge in [0, 0.05) is 0 Å². The summed E-state index contributed by atoms with van der Waals surface area (Å²) < 4.78 is 0. The lowest BCUT2D eigenvalue weighted by atomic mass is 9.65. The van der Waals surface area contributed by atoms with Gasteiger partial charge in [0.1, 0.15) is 0 Å². The molecule has 1 aliphatic rings. The van der Waals surface area contributed by atoms with E-state index >= 15 is 0 Å². The molecule has 13 heavy (non-hydrogen) atoms. The molecule has 2 atom stereocenters. The first-order valence-electron chi connectivity index (χ1n) is 5.71. The van der Waals surface area contributed by atoms with Crippen molar-refractivity contribution in [2.75, 3.05) is 0 Å². The summed E-state index contributed by atoms with van der Waals surface area (Å²) in [4.78, 5) is 0. The first-order chi connectivity index (χ1) is 5.98. The lowest BCUT2D eigenvalue weighted by Gasteiger charge is -2.45. The van der Waals surface area contributed by atoms with E-state index in [0.29, 0.717) is 17.8 Å². The zero-order valence-electron chi connectivity index (χ0n) is 9.51. The van der Waals surface area contributed by atoms with E-state index in [4.69, 9.17) is 0 Å². The van der Waals surface area contributed by atoms with Crippen LogP contribution in [0.5, 0.6) is 0 Å². The minimum atomic E-state index is -0.383. The molecule has 0 aliphatic heterocycles. The number of hydrogen-bond acceptors (Lipinski definition) is 1. The van der Waals surface area contributed by atoms with Crippen LogP contribution in [0, 0.1) is 17.8 Å². The Hall–Kier alpha value is -0.0400. The molecule has 0 aromatic carbocycles. The van der Waals surface area contributed by atoms with Gasteiger partial charge < -0.3 is 5.11 Å². The van der Waals surface area contributed by atoms with E-state index in [0.717, 1.165) is 6.42 Å². The van der Waals surface area contributed by atoms with Crippen LogP contribution in [0.1, 0.15) is 53.4 Å². The Bertz CT molecular complexity index is 163. The van der Waals surface area contributed by atoms with Crippen molar-refractivity contribution in [1.82, 2.24) is 0 Å². The van der Waals surface area contributed by atoms with Gasteiger partial charge in [-0.3, -0.25) is 0 Å². The van der Waals surface area contributed by atoms with Crippen molar-refractivity contribution in [3.63, 3.8) is 0 Å². The van der Waals surface area contributed by atoms with Gasteiger partial charge in [0.05, 0.1) is 5.60 Å². The predicted octanol–water partition coefficient (Wildman–Crippen LogP) is 3.22. The second kappa shape index (κ2) is 4.00. The van der Waals surface area contributed by atoms with E-state index < -0.39 is 0 Å². The average Bonchev–Trinajstić information content (AvgIpc) is 2.04. The van der Waals surface area contributed by atoms with Gasteiger partial charge in [-0.15, -0.1) is 0 Å². The van der Waals surface area contributed by atoms with E-state index in [1.54, 1.807) is 0 Å². The molecule has 0 saturated heterocycles. The first-order valence-corrected chi connectivity index (χ1v) is 5.71. The second-order valence-corrected chi connectivity index (χ2v) is 5.24. The van der Waals surface area contributed by atoms with Gasteiger partial charge in [-0.05, 0) is 30.6 Å². The Morgan fingerprint density at radius 2 is 1.77 bits per heavy atom. The molecule has 78 valence electrons. The lowest BCUT2D eigenvalue weighted by Crippen LogP contribution is -2.47. The quantitative estimate of drug-likeness (QED) is 0.698. The van der Waals surface area contributed by atoms with Crippen LogP contribution in [-0.2, 0) is 0 Å². The third-order valence-corrected chi connectivity index (χ3v) is 3.79. The summed E-state index contributed by atoms with van der Waals surface area (Å²) in [6.07, 6.45) is 4.73. The Morgan fingerprint density at radius 3 is 2.15 bits per heavy atom. The van der Waals surface area contributed by atoms with Crippen molar-refractivity contribution >= 4 is 0 Å². The average molecular weight is 184 g/mol. The maximum Gasteiger partial charge on any atom is 0.0701 e. The van der Waals surface area contributed by atoms with E-state index in [1.165, 1.54) is 19.3 Å². The molecule has 1 saturated carbocycles. The molecule has 0 aromatic rings. The first kappa shape index (κ1) is 11.0. The van der Waals surface area contributed by atoms with Crippen LogP contribution in [0.25, 0.3) is 0 Å². The van der Waals surface area contributed by atoms with Gasteiger partial charge in [0.25, 0.3) is 0 Å². The zero-order chi connectivity index (χ0) is 10.1. The second-order valence-electron chi connectivity index (χ2n) is 5.24. The number of hydrogen-bond donors (Lipinski definition) is 1. The molecule has 0 bridgehead atoms. The fourth-order valence-corrected chi connectivity index (χ4v) is 2.84. The van der Waals surface area contributed by atoms with Crippen LogP contribution in [0.15, 0.2) is 0 Å². The van der Waals surface area contributed by atoms with E-state index in [2.05, 4.69) is 27.7 Å². The summed E-state index contributed by atoms with van der Waals surface area (Å²) in [5.74, 6) is 1.54. The third-order valence-electron chi connectivity index (χ3n) is 3.79. The Morgan fingerprint density at radius 1 is 1.15 bits per heavy atom. The Labute approximate surface area is 82.5 Å². The largest absolute Gasteiger partial charge is 0.389 e. The van der Waals surface area contributed by atoms with Crippen LogP contribution >= 0.6 is 0 Å². The monoisotopic (exact) mass is 184 g/mol. The summed E-state index contributed by atoms with van der Waals surface area (Å²) in [6, 6.07) is 0. The van der Waals surface area contributed by atoms with Gasteiger partial charge in [-0.2, -0.15) is 0 Å². The highest BCUT2D eigenvalue weighted by atomic mass is 16.3. The SMILES string of the molecule is CC(C)C1CCCCC1(O)C(C)C. The molecule has 0 amide bonds. The van der Waals surface area contributed by atoms with Crippen LogP contribution in [-0.4, -0.2) is 10.7 Å². The standard InChI is InChI=1S/C12H24O/c1-9(2)11-7-5-6-8-12(11,13)10(3)4/h9-11,13H,5-8H2,1-4H3. The molecular weight excluding hydrogens is 160 g/mol. The highest BCUT2D eigenvalue weighted by Gasteiger charge is 2.42. The number of aliphatic hydroxyl groups is 1. The molecule has 1 aliphatic carbocycles. The van der Waals surface area contributed by atoms with Crippen LogP contribution < -0.4 is 0 Å². The molecule has 0 aromatic heterocycles. The van der Waals surface area contributed by atoms with E-state index in [9.17, 15) is 5.11 Å². The van der Waals surface area contributed by atoms with Gasteiger partial charge in [-0.1, -0.05) is 40.5 Å². The van der Waals surface area contributed by atoms with Gasteiger partial charge in [-0.25, -0.2) is 0 Å². The molecule has 0 spiro atoms. The predicted molar refractivity (Wildman–Crippen MR) is 56.6 cm³/mol. The molecule has 1 heteroatoms. The normalized spacial score (nSPS) is 35.8. The van der Waals surface area contributed by atoms with Gasteiger partial charge in [0.2, 0.25) is 0 Å². The highest BCUT2D eigenvalue weighted by Crippen LogP contribution is 2.42. The van der Waals surface area contributed by atoms with Crippen molar-refractivity contribution < 1.29 is 5.11 Å². The molecule has 0 heterocycles. The smallest absolute Gasteiger partial charge is 0.0701 e. The fraction of sp³-hybridized carbons (Fsp3) is 1.00. The van der Waals surface area contributed by atoms with Gasteiger partial charge >= 0.3 is 0 Å². The van der Waals surface area contributed by atoms with Gasteiger partial charge in [0.15, 0.2) is 0 Å². The van der Waals surface area contributed by atoms with Crippen molar-refractivity contribution in [3.05, 3.63) is 0 Å². The Balaban J connectivity index is 2.77. The highest BCUT2D eigenvalue weighted by molar-refractivity contribution is 4.93. The molecule has 1 fully saturated rings. The van der Waals surface area contributed by atoms with Crippen LogP contribution in [0.2, 0.25) is 0 Å². The summed E-state index contributed by atoms with van der Waals surface area (Å²) in [6.45, 7) is 8.79. The minimum Gasteiger partial charge on any atom is -0.389 e. The Kier molecular flexibility index (Phi) is 3.39. The van der Waals surface area contributed by atoms with E-state index in [-0.39, 0.29) is 5.60 Å². The van der Waals surface area contributed by atoms with Crippen molar-refractivity contribution in [2.45, 2.75) is 59.0 Å². The number of rotatable bonds is 2. The fourth-order valence-electron chi connectivity index (χ4n) is 2.84. The summed E-state index contributed by atoms with van der Waals surface area (Å²) in [7, 11) is 0. The zero-order valence-corrected chi connectivity index (χ0v) is 9.51. The molecule has 2 unspecified atom stereocenters. The molecular formula is C12H24O. The summed E-state index contributed by atoms with van der Waals surface area (Å²) >= 11 is 0. The van der Waals surface area contributed by atoms with Crippen LogP contribution in [0.3, 0.4) is 0 Å². The maximum absolute atomic E-state index is 10.6. The summed E-state index contributed by atoms with van der Waals surface area (Å²) in [5, 5.41) is 10.6. The molecule has 1 rings (SSSR count). The minimum absolute atomic E-state index is 0.383. The molecule has 1 N–H and O–H groups in total. The van der Waals surface area contributed by atoms with E-state index in [1.807, 2.05) is 0 Å². The lowest BCUT2D eigenvalue weighted by molar-refractivity contribution is -0.0998. The molecule has 1 nitrogen and oxygen atoms in total. The van der Waals surface area contributed by atoms with Crippen molar-refractivity contribution in [1.29, 1.82) is 0 Å². The maximum atomic E-state index is 10.6. The topological polar surface area (TPSA) is 20.2 Å². The summed E-state index contributed by atoms with van der Waals surface area (Å²) in [5.41, 5.74) is -0.383. The van der Waals surface area contributed by atoms with Crippen molar-refractivity contribution in [3.8, 4) is 0 Å². The van der Waals surface area contributed by atoms with Crippen LogP contribution in [0.4, 0.5) is 0 Å². The third kappa shape index (κ3) is 2.07.